The summed E-state index contributed by atoms with van der Waals surface area (Å²) in [5.74, 6) is 0.925. The van der Waals surface area contributed by atoms with Gasteiger partial charge >= 0.3 is 5.97 Å². The van der Waals surface area contributed by atoms with Crippen molar-refractivity contribution in [1.82, 2.24) is 0 Å². The Balaban J connectivity index is 2.16. The van der Waals surface area contributed by atoms with E-state index in [4.69, 9.17) is 4.89 Å². The molecule has 0 saturated heterocycles. The third kappa shape index (κ3) is 3.00. The van der Waals surface area contributed by atoms with Crippen LogP contribution in [0.4, 0.5) is 0 Å². The molecule has 0 aromatic heterocycles. The number of rotatable bonds is 3. The van der Waals surface area contributed by atoms with Crippen LogP contribution in [0.5, 0.6) is 5.75 Å². The summed E-state index contributed by atoms with van der Waals surface area (Å²) in [7, 11) is 0. The van der Waals surface area contributed by atoms with Gasteiger partial charge in [0, 0.05) is 17.8 Å². The summed E-state index contributed by atoms with van der Waals surface area (Å²) in [5, 5.41) is 1.03. The van der Waals surface area contributed by atoms with Crippen LogP contribution < -0.4 is 4.89 Å². The average molecular weight is 299 g/mol. The molecule has 0 bridgehead atoms. The predicted molar refractivity (Wildman–Crippen MR) is 68.1 cm³/mol. The van der Waals surface area contributed by atoms with E-state index in [0.717, 1.165) is 24.6 Å². The summed E-state index contributed by atoms with van der Waals surface area (Å²) in [6.45, 7) is 1.33. The topological polar surface area (TPSA) is 35.5 Å². The van der Waals surface area contributed by atoms with Crippen LogP contribution in [0.25, 0.3) is 0 Å². The van der Waals surface area contributed by atoms with Crippen molar-refractivity contribution in [3.05, 3.63) is 29.3 Å². The molecule has 3 nitrogen and oxygen atoms in total. The first-order valence-corrected chi connectivity index (χ1v) is 6.84. The van der Waals surface area contributed by atoms with Gasteiger partial charge in [0.25, 0.3) is 0 Å². The lowest BCUT2D eigenvalue weighted by atomic mass is 9.84. The first-order valence-electron chi connectivity index (χ1n) is 5.72. The zero-order valence-electron chi connectivity index (χ0n) is 9.74. The number of fused-ring (bicyclic) bond motifs is 1. The maximum atomic E-state index is 10.7. The van der Waals surface area contributed by atoms with Gasteiger partial charge < -0.3 is 0 Å². The monoisotopic (exact) mass is 298 g/mol. The van der Waals surface area contributed by atoms with E-state index in [-0.39, 0.29) is 0 Å². The van der Waals surface area contributed by atoms with Gasteiger partial charge in [-0.15, -0.1) is 0 Å². The molecule has 0 N–H and O–H groups in total. The van der Waals surface area contributed by atoms with Crippen LogP contribution in [0, 0.1) is 5.92 Å². The Hall–Kier alpha value is -1.03. The number of hydrogen-bond acceptors (Lipinski definition) is 3. The third-order valence-electron chi connectivity index (χ3n) is 3.01. The zero-order chi connectivity index (χ0) is 12.3. The highest BCUT2D eigenvalue weighted by molar-refractivity contribution is 9.09. The number of alkyl halides is 1. The van der Waals surface area contributed by atoms with Crippen molar-refractivity contribution in [2.24, 2.45) is 5.92 Å². The molecule has 0 aliphatic heterocycles. The first-order chi connectivity index (χ1) is 8.20. The first kappa shape index (κ1) is 12.4. The number of carbonyl (C=O) groups excluding carboxylic acids is 1. The van der Waals surface area contributed by atoms with Crippen LogP contribution in [0.2, 0.25) is 0 Å². The van der Waals surface area contributed by atoms with Crippen LogP contribution in [0.15, 0.2) is 18.2 Å². The van der Waals surface area contributed by atoms with Crippen molar-refractivity contribution in [1.29, 1.82) is 0 Å². The highest BCUT2D eigenvalue weighted by atomic mass is 79.9. The molecule has 0 heterocycles. The maximum Gasteiger partial charge on any atom is 0.352 e. The van der Waals surface area contributed by atoms with Crippen molar-refractivity contribution in [2.75, 3.05) is 5.33 Å². The minimum Gasteiger partial charge on any atom is -0.287 e. The fourth-order valence-corrected chi connectivity index (χ4v) is 2.71. The predicted octanol–water partition coefficient (Wildman–Crippen LogP) is 3.04. The zero-order valence-corrected chi connectivity index (χ0v) is 11.3. The lowest BCUT2D eigenvalue weighted by Crippen LogP contribution is -2.16. The Labute approximate surface area is 109 Å². The Bertz CT molecular complexity index is 417. The normalized spacial score (nSPS) is 18.4. The molecule has 1 aliphatic carbocycles. The number of halogens is 1. The Kier molecular flexibility index (Phi) is 4.05. The molecule has 2 rings (SSSR count). The van der Waals surface area contributed by atoms with Crippen LogP contribution in [0.1, 0.15) is 24.5 Å². The maximum absolute atomic E-state index is 10.7. The lowest BCUT2D eigenvalue weighted by Gasteiger charge is -2.24. The van der Waals surface area contributed by atoms with Crippen molar-refractivity contribution >= 4 is 21.9 Å². The second kappa shape index (κ2) is 5.54. The number of carbonyl (C=O) groups is 1. The van der Waals surface area contributed by atoms with Gasteiger partial charge in [0.15, 0.2) is 5.75 Å². The smallest absolute Gasteiger partial charge is 0.287 e. The highest BCUT2D eigenvalue weighted by Crippen LogP contribution is 2.32. The second-order valence-electron chi connectivity index (χ2n) is 4.32. The van der Waals surface area contributed by atoms with Crippen LogP contribution >= 0.6 is 15.9 Å². The van der Waals surface area contributed by atoms with E-state index in [1.807, 2.05) is 12.1 Å². The summed E-state index contributed by atoms with van der Waals surface area (Å²) in [6.07, 6.45) is 3.17. The molecule has 92 valence electrons. The van der Waals surface area contributed by atoms with Crippen molar-refractivity contribution in [2.45, 2.75) is 26.2 Å². The van der Waals surface area contributed by atoms with Gasteiger partial charge in [-0.2, -0.15) is 0 Å². The molecule has 1 aliphatic rings. The molecular weight excluding hydrogens is 284 g/mol. The van der Waals surface area contributed by atoms with Crippen molar-refractivity contribution in [3.63, 3.8) is 0 Å². The molecule has 0 radical (unpaired) electrons. The van der Waals surface area contributed by atoms with Gasteiger partial charge in [-0.1, -0.05) is 28.1 Å². The van der Waals surface area contributed by atoms with Gasteiger partial charge in [-0.3, -0.25) is 9.78 Å². The van der Waals surface area contributed by atoms with E-state index >= 15 is 0 Å². The summed E-state index contributed by atoms with van der Waals surface area (Å²) in [6, 6.07) is 5.90. The molecule has 17 heavy (non-hydrogen) atoms. The summed E-state index contributed by atoms with van der Waals surface area (Å²) >= 11 is 3.53. The Morgan fingerprint density at radius 3 is 3.06 bits per heavy atom. The Morgan fingerprint density at radius 1 is 1.53 bits per heavy atom. The number of hydrogen-bond donors (Lipinski definition) is 0. The second-order valence-corrected chi connectivity index (χ2v) is 4.96. The van der Waals surface area contributed by atoms with E-state index in [9.17, 15) is 4.79 Å². The summed E-state index contributed by atoms with van der Waals surface area (Å²) in [5.41, 5.74) is 2.47. The van der Waals surface area contributed by atoms with Gasteiger partial charge in [0.1, 0.15) is 0 Å². The van der Waals surface area contributed by atoms with Crippen LogP contribution in [0.3, 0.4) is 0 Å². The fourth-order valence-electron chi connectivity index (χ4n) is 2.16. The quantitative estimate of drug-likeness (QED) is 0.489. The van der Waals surface area contributed by atoms with E-state index < -0.39 is 5.97 Å². The molecule has 0 spiro atoms. The molecule has 1 aromatic carbocycles. The fraction of sp³-hybridized carbons (Fsp3) is 0.462. The average Bonchev–Trinajstić information content (AvgIpc) is 2.35. The van der Waals surface area contributed by atoms with E-state index in [2.05, 4.69) is 26.9 Å². The van der Waals surface area contributed by atoms with E-state index in [1.165, 1.54) is 18.1 Å². The summed E-state index contributed by atoms with van der Waals surface area (Å²) in [4.78, 5) is 20.4. The van der Waals surface area contributed by atoms with Gasteiger partial charge in [-0.05, 0) is 36.8 Å². The van der Waals surface area contributed by atoms with E-state index in [1.54, 1.807) is 0 Å². The molecule has 0 amide bonds. The molecule has 1 unspecified atom stereocenters. The summed E-state index contributed by atoms with van der Waals surface area (Å²) < 4.78 is 0. The standard InChI is InChI=1S/C13H15BrO3/c1-9(15)16-17-13-4-2-3-11-7-10(8-14)5-6-12(11)13/h2-4,10H,5-8H2,1H3. The largest absolute Gasteiger partial charge is 0.352 e. The minimum atomic E-state index is -0.434. The van der Waals surface area contributed by atoms with Crippen molar-refractivity contribution < 1.29 is 14.6 Å². The molecule has 1 aromatic rings. The molecular formula is C13H15BrO3. The molecule has 4 heteroatoms. The molecule has 0 fully saturated rings. The van der Waals surface area contributed by atoms with E-state index in [0.29, 0.717) is 11.7 Å². The number of benzene rings is 1. The SMILES string of the molecule is CC(=O)OOc1cccc2c1CCC(CBr)C2. The van der Waals surface area contributed by atoms with Crippen LogP contribution in [-0.2, 0) is 22.5 Å². The highest BCUT2D eigenvalue weighted by Gasteiger charge is 2.21. The van der Waals surface area contributed by atoms with Gasteiger partial charge in [0.2, 0.25) is 0 Å². The van der Waals surface area contributed by atoms with Crippen molar-refractivity contribution in [3.8, 4) is 5.75 Å². The van der Waals surface area contributed by atoms with Crippen LogP contribution in [-0.4, -0.2) is 11.3 Å². The molecule has 1 atom stereocenters. The lowest BCUT2D eigenvalue weighted by molar-refractivity contribution is -0.211. The third-order valence-corrected chi connectivity index (χ3v) is 3.92. The molecule has 0 saturated carbocycles. The minimum absolute atomic E-state index is 0.434. The van der Waals surface area contributed by atoms with Gasteiger partial charge in [-0.25, -0.2) is 4.79 Å². The van der Waals surface area contributed by atoms with Gasteiger partial charge in [0.05, 0.1) is 0 Å². The Morgan fingerprint density at radius 2 is 2.35 bits per heavy atom.